The zero-order valence-corrected chi connectivity index (χ0v) is 22.0. The van der Waals surface area contributed by atoms with E-state index < -0.39 is 0 Å². The Morgan fingerprint density at radius 2 is 1.54 bits per heavy atom. The second kappa shape index (κ2) is 15.3. The maximum absolute atomic E-state index is 13.3. The van der Waals surface area contributed by atoms with E-state index in [0.29, 0.717) is 31.7 Å². The lowest BCUT2D eigenvalue weighted by molar-refractivity contribution is -0.121. The van der Waals surface area contributed by atoms with E-state index in [1.54, 1.807) is 4.90 Å². The van der Waals surface area contributed by atoms with Gasteiger partial charge >= 0.3 is 6.03 Å². The van der Waals surface area contributed by atoms with Crippen LogP contribution in [0.3, 0.4) is 0 Å². The Labute approximate surface area is 221 Å². The number of hydrogen-bond donors (Lipinski definition) is 2. The average Bonchev–Trinajstić information content (AvgIpc) is 2.90. The summed E-state index contributed by atoms with van der Waals surface area (Å²) in [7, 11) is 0. The molecule has 0 spiro atoms. The minimum atomic E-state index is -0.218. The van der Waals surface area contributed by atoms with Crippen molar-refractivity contribution in [1.82, 2.24) is 5.32 Å². The third kappa shape index (κ3) is 10.00. The number of hydrogen-bond acceptors (Lipinski definition) is 3. The molecule has 0 bridgehead atoms. The van der Waals surface area contributed by atoms with Crippen molar-refractivity contribution in [3.63, 3.8) is 0 Å². The van der Waals surface area contributed by atoms with Crippen LogP contribution in [-0.4, -0.2) is 25.0 Å². The largest absolute Gasteiger partial charge is 0.457 e. The van der Waals surface area contributed by atoms with Crippen LogP contribution in [0.15, 0.2) is 78.9 Å². The van der Waals surface area contributed by atoms with Crippen LogP contribution in [-0.2, 0) is 4.79 Å². The highest BCUT2D eigenvalue weighted by atomic mass is 16.5. The van der Waals surface area contributed by atoms with Crippen molar-refractivity contribution in [3.8, 4) is 11.5 Å². The standard InChI is InChI=1S/C31H39N3O3/c1-3-4-5-6-10-17-30(35)32-22-12-23-34(31(36)33-26-14-11-13-25(2)24-26)27-18-20-29(21-19-27)37-28-15-8-7-9-16-28/h7-9,11,13-16,18-21,24H,3-6,10,12,17,22-23H2,1-2H3,(H,32,35)(H,33,36). The van der Waals surface area contributed by atoms with Crippen molar-refractivity contribution in [3.05, 3.63) is 84.4 Å². The van der Waals surface area contributed by atoms with Gasteiger partial charge in [-0.1, -0.05) is 62.9 Å². The Bertz CT molecular complexity index is 1100. The third-order valence-electron chi connectivity index (χ3n) is 6.03. The van der Waals surface area contributed by atoms with Gasteiger partial charge in [0.25, 0.3) is 0 Å². The van der Waals surface area contributed by atoms with Gasteiger partial charge in [-0.2, -0.15) is 0 Å². The fraction of sp³-hybridized carbons (Fsp3) is 0.355. The molecule has 37 heavy (non-hydrogen) atoms. The maximum atomic E-state index is 13.3. The fourth-order valence-corrected chi connectivity index (χ4v) is 4.02. The molecule has 6 heteroatoms. The van der Waals surface area contributed by atoms with E-state index >= 15 is 0 Å². The molecule has 0 unspecified atom stereocenters. The van der Waals surface area contributed by atoms with Crippen LogP contribution in [0.25, 0.3) is 0 Å². The van der Waals surface area contributed by atoms with E-state index in [9.17, 15) is 9.59 Å². The van der Waals surface area contributed by atoms with E-state index in [1.165, 1.54) is 19.3 Å². The molecule has 3 aromatic rings. The van der Waals surface area contributed by atoms with Crippen molar-refractivity contribution >= 4 is 23.3 Å². The molecule has 0 aliphatic heterocycles. The van der Waals surface area contributed by atoms with E-state index in [0.717, 1.165) is 35.5 Å². The number of unbranched alkanes of at least 4 members (excludes halogenated alkanes) is 4. The molecule has 0 saturated carbocycles. The molecule has 6 nitrogen and oxygen atoms in total. The SMILES string of the molecule is CCCCCCCC(=O)NCCCN(C(=O)Nc1cccc(C)c1)c1ccc(Oc2ccccc2)cc1. The minimum Gasteiger partial charge on any atom is -0.457 e. The molecule has 3 aromatic carbocycles. The summed E-state index contributed by atoms with van der Waals surface area (Å²) in [6.07, 6.45) is 6.83. The number of urea groups is 1. The van der Waals surface area contributed by atoms with E-state index in [4.69, 9.17) is 4.74 Å². The summed E-state index contributed by atoms with van der Waals surface area (Å²) in [5, 5.41) is 5.99. The highest BCUT2D eigenvalue weighted by Crippen LogP contribution is 2.25. The molecule has 2 N–H and O–H groups in total. The van der Waals surface area contributed by atoms with Gasteiger partial charge in [-0.3, -0.25) is 9.69 Å². The Morgan fingerprint density at radius 3 is 2.27 bits per heavy atom. The Kier molecular flexibility index (Phi) is 11.5. The first-order valence-corrected chi connectivity index (χ1v) is 13.3. The van der Waals surface area contributed by atoms with E-state index in [2.05, 4.69) is 17.6 Å². The predicted octanol–water partition coefficient (Wildman–Crippen LogP) is 7.69. The first-order chi connectivity index (χ1) is 18.0. The minimum absolute atomic E-state index is 0.0784. The van der Waals surface area contributed by atoms with Crippen LogP contribution < -0.4 is 20.3 Å². The lowest BCUT2D eigenvalue weighted by Crippen LogP contribution is -2.37. The molecule has 0 aromatic heterocycles. The second-order valence-electron chi connectivity index (χ2n) is 9.23. The number of nitrogens with one attached hydrogen (secondary N) is 2. The maximum Gasteiger partial charge on any atom is 0.326 e. The van der Waals surface area contributed by atoms with Gasteiger partial charge in [-0.15, -0.1) is 0 Å². The molecule has 0 heterocycles. The summed E-state index contributed by atoms with van der Waals surface area (Å²) >= 11 is 0. The molecule has 0 saturated heterocycles. The molecule has 3 rings (SSSR count). The van der Waals surface area contributed by atoms with E-state index in [1.807, 2.05) is 85.8 Å². The second-order valence-corrected chi connectivity index (χ2v) is 9.23. The summed E-state index contributed by atoms with van der Waals surface area (Å²) < 4.78 is 5.89. The van der Waals surface area contributed by atoms with Crippen LogP contribution in [0.1, 0.15) is 57.4 Å². The lowest BCUT2D eigenvalue weighted by atomic mass is 10.1. The van der Waals surface area contributed by atoms with Crippen LogP contribution in [0.2, 0.25) is 0 Å². The number of ether oxygens (including phenoxy) is 1. The van der Waals surface area contributed by atoms with Gasteiger partial charge in [0.05, 0.1) is 0 Å². The van der Waals surface area contributed by atoms with Crippen LogP contribution in [0, 0.1) is 6.92 Å². The normalized spacial score (nSPS) is 10.5. The monoisotopic (exact) mass is 501 g/mol. The zero-order chi connectivity index (χ0) is 26.3. The number of anilines is 2. The first-order valence-electron chi connectivity index (χ1n) is 13.3. The van der Waals surface area contributed by atoms with Crippen molar-refractivity contribution < 1.29 is 14.3 Å². The van der Waals surface area contributed by atoms with Crippen LogP contribution in [0.5, 0.6) is 11.5 Å². The molecular weight excluding hydrogens is 462 g/mol. The number of para-hydroxylation sites is 1. The van der Waals surface area contributed by atoms with E-state index in [-0.39, 0.29) is 11.9 Å². The topological polar surface area (TPSA) is 70.7 Å². The fourth-order valence-electron chi connectivity index (χ4n) is 4.02. The number of carbonyl (C=O) groups is 2. The van der Waals surface area contributed by atoms with Gasteiger partial charge in [0.2, 0.25) is 5.91 Å². The van der Waals surface area contributed by atoms with Gasteiger partial charge in [0, 0.05) is 30.9 Å². The summed E-state index contributed by atoms with van der Waals surface area (Å²) in [4.78, 5) is 27.1. The molecule has 196 valence electrons. The van der Waals surface area contributed by atoms with Crippen molar-refractivity contribution in [2.24, 2.45) is 0 Å². The number of carbonyl (C=O) groups excluding carboxylic acids is 2. The number of rotatable bonds is 14. The third-order valence-corrected chi connectivity index (χ3v) is 6.03. The summed E-state index contributed by atoms with van der Waals surface area (Å²) in [6.45, 7) is 5.17. The Hall–Kier alpha value is -3.80. The Morgan fingerprint density at radius 1 is 0.811 bits per heavy atom. The molecule has 0 aliphatic rings. The van der Waals surface area contributed by atoms with Gasteiger partial charge in [0.1, 0.15) is 11.5 Å². The van der Waals surface area contributed by atoms with Crippen LogP contribution in [0.4, 0.5) is 16.2 Å². The highest BCUT2D eigenvalue weighted by molar-refractivity contribution is 6.01. The molecule has 0 aliphatic carbocycles. The lowest BCUT2D eigenvalue weighted by Gasteiger charge is -2.24. The number of amides is 3. The van der Waals surface area contributed by atoms with Gasteiger partial charge in [0.15, 0.2) is 0 Å². The summed E-state index contributed by atoms with van der Waals surface area (Å²) in [5.41, 5.74) is 2.58. The molecule has 0 radical (unpaired) electrons. The quantitative estimate of drug-likeness (QED) is 0.222. The molecule has 0 fully saturated rings. The summed E-state index contributed by atoms with van der Waals surface area (Å²) in [5.74, 6) is 1.53. The molecular formula is C31H39N3O3. The number of benzene rings is 3. The molecule has 0 atom stereocenters. The number of nitrogens with zero attached hydrogens (tertiary/aromatic N) is 1. The van der Waals surface area contributed by atoms with Crippen molar-refractivity contribution in [2.75, 3.05) is 23.3 Å². The van der Waals surface area contributed by atoms with Gasteiger partial charge in [-0.25, -0.2) is 4.79 Å². The van der Waals surface area contributed by atoms with Crippen molar-refractivity contribution in [2.45, 2.75) is 58.8 Å². The molecule has 3 amide bonds. The van der Waals surface area contributed by atoms with Gasteiger partial charge in [-0.05, 0) is 73.9 Å². The Balaban J connectivity index is 1.58. The predicted molar refractivity (Wildman–Crippen MR) is 152 cm³/mol. The van der Waals surface area contributed by atoms with Gasteiger partial charge < -0.3 is 15.4 Å². The smallest absolute Gasteiger partial charge is 0.326 e. The zero-order valence-electron chi connectivity index (χ0n) is 22.0. The average molecular weight is 502 g/mol. The summed E-state index contributed by atoms with van der Waals surface area (Å²) in [6, 6.07) is 24.6. The number of aryl methyl sites for hydroxylation is 1. The van der Waals surface area contributed by atoms with Crippen LogP contribution >= 0.6 is 0 Å². The highest BCUT2D eigenvalue weighted by Gasteiger charge is 2.16. The first kappa shape index (κ1) is 27.8. The van der Waals surface area contributed by atoms with Crippen molar-refractivity contribution in [1.29, 1.82) is 0 Å².